The van der Waals surface area contributed by atoms with Gasteiger partial charge in [-0.05, 0) is 6.07 Å². The summed E-state index contributed by atoms with van der Waals surface area (Å²) in [5, 5.41) is 9.85. The van der Waals surface area contributed by atoms with E-state index in [1.807, 2.05) is 4.90 Å². The standard InChI is InChI=1S/C18H24FN3O4/c1-20(2)17(25)22-9-13-8-21(10-18(13,11-22)16(23)24)7-12-4-5-14(26-3)6-15(12)19/h4-6,13H,7-11H2,1-3H3,(H,23,24)/t13-,18-/m0/s1. The van der Waals surface area contributed by atoms with Crippen LogP contribution in [0.2, 0.25) is 0 Å². The van der Waals surface area contributed by atoms with E-state index in [0.29, 0.717) is 37.5 Å². The minimum absolute atomic E-state index is 0.162. The molecule has 2 aliphatic heterocycles. The molecule has 2 heterocycles. The molecule has 0 unspecified atom stereocenters. The van der Waals surface area contributed by atoms with Crippen LogP contribution in [0.4, 0.5) is 9.18 Å². The van der Waals surface area contributed by atoms with Crippen molar-refractivity contribution in [3.05, 3.63) is 29.6 Å². The van der Waals surface area contributed by atoms with Gasteiger partial charge in [-0.15, -0.1) is 0 Å². The number of benzene rings is 1. The van der Waals surface area contributed by atoms with Crippen molar-refractivity contribution in [2.45, 2.75) is 6.54 Å². The molecule has 2 fully saturated rings. The number of hydrogen-bond donors (Lipinski definition) is 1. The van der Waals surface area contributed by atoms with Crippen LogP contribution in [0.3, 0.4) is 0 Å². The van der Waals surface area contributed by atoms with E-state index in [-0.39, 0.29) is 24.3 Å². The van der Waals surface area contributed by atoms with Gasteiger partial charge in [-0.1, -0.05) is 6.07 Å². The van der Waals surface area contributed by atoms with E-state index in [1.165, 1.54) is 18.1 Å². The number of rotatable bonds is 4. The average Bonchev–Trinajstić information content (AvgIpc) is 3.10. The summed E-state index contributed by atoms with van der Waals surface area (Å²) < 4.78 is 19.2. The Morgan fingerprint density at radius 3 is 2.62 bits per heavy atom. The fraction of sp³-hybridized carbons (Fsp3) is 0.556. The zero-order valence-corrected chi connectivity index (χ0v) is 15.2. The Bertz CT molecular complexity index is 726. The van der Waals surface area contributed by atoms with Crippen molar-refractivity contribution in [1.82, 2.24) is 14.7 Å². The van der Waals surface area contributed by atoms with Gasteiger partial charge in [0.05, 0.1) is 7.11 Å². The van der Waals surface area contributed by atoms with Crippen LogP contribution in [-0.2, 0) is 11.3 Å². The molecule has 0 aliphatic carbocycles. The molecule has 1 aromatic rings. The van der Waals surface area contributed by atoms with Crippen LogP contribution >= 0.6 is 0 Å². The summed E-state index contributed by atoms with van der Waals surface area (Å²) in [7, 11) is 4.79. The molecule has 0 spiro atoms. The fourth-order valence-corrected chi connectivity index (χ4v) is 4.04. The minimum Gasteiger partial charge on any atom is -0.497 e. The number of carbonyl (C=O) groups excluding carboxylic acids is 1. The zero-order chi connectivity index (χ0) is 19.1. The van der Waals surface area contributed by atoms with E-state index in [0.717, 1.165) is 0 Å². The smallest absolute Gasteiger partial charge is 0.319 e. The quantitative estimate of drug-likeness (QED) is 0.872. The molecular formula is C18H24FN3O4. The van der Waals surface area contributed by atoms with Crippen LogP contribution < -0.4 is 4.74 Å². The Morgan fingerprint density at radius 2 is 2.08 bits per heavy atom. The minimum atomic E-state index is -0.991. The summed E-state index contributed by atoms with van der Waals surface area (Å²) in [6.45, 7) is 1.75. The average molecular weight is 365 g/mol. The van der Waals surface area contributed by atoms with Crippen LogP contribution in [0.5, 0.6) is 5.75 Å². The number of aliphatic carboxylic acids is 1. The number of ether oxygens (including phenoxy) is 1. The van der Waals surface area contributed by atoms with Crippen molar-refractivity contribution in [2.75, 3.05) is 47.4 Å². The topological polar surface area (TPSA) is 73.3 Å². The Hall–Kier alpha value is -2.35. The number of nitrogens with zero attached hydrogens (tertiary/aromatic N) is 3. The third-order valence-corrected chi connectivity index (χ3v) is 5.41. The molecule has 8 heteroatoms. The first kappa shape index (κ1) is 18.4. The van der Waals surface area contributed by atoms with Crippen LogP contribution in [0.15, 0.2) is 18.2 Å². The molecule has 0 aromatic heterocycles. The first-order valence-electron chi connectivity index (χ1n) is 8.51. The number of hydrogen-bond acceptors (Lipinski definition) is 4. The number of halogens is 1. The largest absolute Gasteiger partial charge is 0.497 e. The van der Waals surface area contributed by atoms with Gasteiger partial charge >= 0.3 is 12.0 Å². The lowest BCUT2D eigenvalue weighted by atomic mass is 9.81. The van der Waals surface area contributed by atoms with Gasteiger partial charge in [0.25, 0.3) is 0 Å². The predicted molar refractivity (Wildman–Crippen MR) is 92.4 cm³/mol. The lowest BCUT2D eigenvalue weighted by Gasteiger charge is -2.27. The molecule has 3 rings (SSSR count). The summed E-state index contributed by atoms with van der Waals surface area (Å²) in [4.78, 5) is 29.2. The highest BCUT2D eigenvalue weighted by Crippen LogP contribution is 2.43. The Balaban J connectivity index is 1.74. The molecule has 142 valence electrons. The van der Waals surface area contributed by atoms with Gasteiger partial charge in [0.2, 0.25) is 0 Å². The number of methoxy groups -OCH3 is 1. The second kappa shape index (κ2) is 6.75. The Kier molecular flexibility index (Phi) is 4.79. The SMILES string of the molecule is COc1ccc(CN2C[C@H]3CN(C(=O)N(C)C)C[C@@]3(C(=O)O)C2)c(F)c1. The van der Waals surface area contributed by atoms with E-state index in [4.69, 9.17) is 4.74 Å². The van der Waals surface area contributed by atoms with Crippen LogP contribution in [0, 0.1) is 17.2 Å². The zero-order valence-electron chi connectivity index (χ0n) is 15.2. The summed E-state index contributed by atoms with van der Waals surface area (Å²) in [5.41, 5.74) is -0.484. The van der Waals surface area contributed by atoms with Gasteiger partial charge in [0.15, 0.2) is 0 Å². The van der Waals surface area contributed by atoms with Crippen molar-refractivity contribution in [3.63, 3.8) is 0 Å². The number of carboxylic acids is 1. The van der Waals surface area contributed by atoms with Crippen molar-refractivity contribution < 1.29 is 23.8 Å². The summed E-state index contributed by atoms with van der Waals surface area (Å²) >= 11 is 0. The molecule has 0 saturated carbocycles. The second-order valence-electron chi connectivity index (χ2n) is 7.34. The van der Waals surface area contributed by atoms with Crippen molar-refractivity contribution >= 4 is 12.0 Å². The molecule has 26 heavy (non-hydrogen) atoms. The number of fused-ring (bicyclic) bond motifs is 1. The highest BCUT2D eigenvalue weighted by Gasteiger charge is 2.58. The number of amides is 2. The molecule has 1 N–H and O–H groups in total. The number of carboxylic acid groups (broad SMARTS) is 1. The highest BCUT2D eigenvalue weighted by molar-refractivity contribution is 5.80. The number of carbonyl (C=O) groups is 2. The highest BCUT2D eigenvalue weighted by atomic mass is 19.1. The summed E-state index contributed by atoms with van der Waals surface area (Å²) in [6, 6.07) is 4.52. The first-order valence-corrected chi connectivity index (χ1v) is 8.51. The maximum atomic E-state index is 14.2. The van der Waals surface area contributed by atoms with Gasteiger partial charge in [-0.25, -0.2) is 9.18 Å². The van der Waals surface area contributed by atoms with Crippen LogP contribution in [-0.4, -0.2) is 79.2 Å². The van der Waals surface area contributed by atoms with Crippen LogP contribution in [0.25, 0.3) is 0 Å². The molecule has 7 nitrogen and oxygen atoms in total. The number of urea groups is 1. The monoisotopic (exact) mass is 365 g/mol. The summed E-state index contributed by atoms with van der Waals surface area (Å²) in [6.07, 6.45) is 0. The molecule has 2 atom stereocenters. The first-order chi connectivity index (χ1) is 12.3. The third kappa shape index (κ3) is 3.09. The van der Waals surface area contributed by atoms with Crippen molar-refractivity contribution in [2.24, 2.45) is 11.3 Å². The molecule has 2 aliphatic rings. The molecular weight excluding hydrogens is 341 g/mol. The molecule has 1 aromatic carbocycles. The van der Waals surface area contributed by atoms with Gasteiger partial charge in [0, 0.05) is 64.4 Å². The Morgan fingerprint density at radius 1 is 1.35 bits per heavy atom. The third-order valence-electron chi connectivity index (χ3n) is 5.41. The van der Waals surface area contributed by atoms with Gasteiger partial charge in [0.1, 0.15) is 17.0 Å². The molecule has 2 saturated heterocycles. The van der Waals surface area contributed by atoms with E-state index < -0.39 is 11.4 Å². The lowest BCUT2D eigenvalue weighted by molar-refractivity contribution is -0.148. The fourth-order valence-electron chi connectivity index (χ4n) is 4.04. The number of likely N-dealkylation sites (tertiary alicyclic amines) is 2. The molecule has 2 amide bonds. The van der Waals surface area contributed by atoms with Crippen molar-refractivity contribution in [1.29, 1.82) is 0 Å². The van der Waals surface area contributed by atoms with Crippen LogP contribution in [0.1, 0.15) is 5.56 Å². The molecule has 0 radical (unpaired) electrons. The predicted octanol–water partition coefficient (Wildman–Crippen LogP) is 1.33. The Labute approximate surface area is 151 Å². The van der Waals surface area contributed by atoms with Gasteiger partial charge < -0.3 is 19.6 Å². The normalized spacial score (nSPS) is 25.2. The lowest BCUT2D eigenvalue weighted by Crippen LogP contribution is -2.44. The second-order valence-corrected chi connectivity index (χ2v) is 7.34. The van der Waals surface area contributed by atoms with Gasteiger partial charge in [-0.2, -0.15) is 0 Å². The summed E-state index contributed by atoms with van der Waals surface area (Å²) in [5.74, 6) is -0.973. The maximum absolute atomic E-state index is 14.2. The van der Waals surface area contributed by atoms with E-state index in [9.17, 15) is 19.1 Å². The molecule has 0 bridgehead atoms. The van der Waals surface area contributed by atoms with Gasteiger partial charge in [-0.3, -0.25) is 9.69 Å². The van der Waals surface area contributed by atoms with E-state index in [2.05, 4.69) is 0 Å². The van der Waals surface area contributed by atoms with E-state index in [1.54, 1.807) is 31.1 Å². The maximum Gasteiger partial charge on any atom is 0.319 e. The van der Waals surface area contributed by atoms with Crippen molar-refractivity contribution in [3.8, 4) is 5.75 Å². The van der Waals surface area contributed by atoms with E-state index >= 15 is 0 Å².